The minimum atomic E-state index is -3.45. The maximum Gasteiger partial charge on any atom is 0.243 e. The first-order valence-electron chi connectivity index (χ1n) is 15.7. The van der Waals surface area contributed by atoms with E-state index in [1.807, 2.05) is 79.7 Å². The second kappa shape index (κ2) is 19.2. The lowest BCUT2D eigenvalue weighted by Gasteiger charge is -2.15. The number of fused-ring (bicyclic) bond motifs is 2. The van der Waals surface area contributed by atoms with Gasteiger partial charge >= 0.3 is 0 Å². The molecule has 2 aliphatic heterocycles. The molecule has 0 spiro atoms. The van der Waals surface area contributed by atoms with Crippen molar-refractivity contribution in [3.63, 3.8) is 0 Å². The minimum Gasteiger partial charge on any atom is -0.309 e. The molecule has 0 saturated carbocycles. The summed E-state index contributed by atoms with van der Waals surface area (Å²) >= 11 is 30.1. The highest BCUT2D eigenvalue weighted by Crippen LogP contribution is 2.30. The van der Waals surface area contributed by atoms with Crippen LogP contribution in [0.2, 0.25) is 20.1 Å². The second-order valence-corrected chi connectivity index (χ2v) is 16.7. The van der Waals surface area contributed by atoms with Crippen molar-refractivity contribution in [1.82, 2.24) is 9.62 Å². The molecule has 0 atom stereocenters. The van der Waals surface area contributed by atoms with Gasteiger partial charge in [0.2, 0.25) is 10.0 Å². The van der Waals surface area contributed by atoms with Gasteiger partial charge < -0.3 is 5.32 Å². The van der Waals surface area contributed by atoms with Crippen LogP contribution < -0.4 is 5.32 Å². The largest absolute Gasteiger partial charge is 0.309 e. The van der Waals surface area contributed by atoms with Crippen LogP contribution in [0.4, 0.5) is 0 Å². The highest BCUT2D eigenvalue weighted by Gasteiger charge is 2.30. The van der Waals surface area contributed by atoms with Crippen molar-refractivity contribution in [1.29, 1.82) is 0 Å². The molecule has 1 N–H and O–H groups in total. The highest BCUT2D eigenvalue weighted by atomic mass is 79.9. The smallest absolute Gasteiger partial charge is 0.243 e. The molecule has 2 heterocycles. The Hall–Kier alpha value is -1.91. The Balaban J connectivity index is 0.000000160. The van der Waals surface area contributed by atoms with Crippen molar-refractivity contribution < 1.29 is 8.42 Å². The summed E-state index contributed by atoms with van der Waals surface area (Å²) < 4.78 is 26.7. The van der Waals surface area contributed by atoms with Crippen molar-refractivity contribution in [2.75, 3.05) is 0 Å². The Morgan fingerprint density at radius 2 is 1.10 bits per heavy atom. The quantitative estimate of drug-likeness (QED) is 0.183. The monoisotopic (exact) mass is 896 g/mol. The van der Waals surface area contributed by atoms with Gasteiger partial charge in [0.15, 0.2) is 0 Å². The van der Waals surface area contributed by atoms with E-state index >= 15 is 0 Å². The summed E-state index contributed by atoms with van der Waals surface area (Å²) in [7, 11) is -3.45. The van der Waals surface area contributed by atoms with Crippen LogP contribution in [0, 0.1) is 20.8 Å². The van der Waals surface area contributed by atoms with E-state index in [9.17, 15) is 8.42 Å². The third kappa shape index (κ3) is 11.5. The normalized spacial score (nSPS) is 13.1. The molecule has 0 unspecified atom stereocenters. The van der Waals surface area contributed by atoms with Gasteiger partial charge in [0.25, 0.3) is 0 Å². The minimum absolute atomic E-state index is 0.335. The van der Waals surface area contributed by atoms with Gasteiger partial charge in [0.05, 0.1) is 4.90 Å². The van der Waals surface area contributed by atoms with Gasteiger partial charge in [0.1, 0.15) is 0 Å². The fourth-order valence-corrected chi connectivity index (χ4v) is 8.45. The molecule has 0 radical (unpaired) electrons. The number of aryl methyl sites for hydroxylation is 3. The second-order valence-electron chi connectivity index (χ2n) is 11.9. The van der Waals surface area contributed by atoms with Crippen LogP contribution in [-0.4, -0.2) is 12.7 Å². The van der Waals surface area contributed by atoms with Crippen LogP contribution in [0.1, 0.15) is 50.1 Å². The van der Waals surface area contributed by atoms with Gasteiger partial charge in [-0.2, -0.15) is 4.31 Å². The molecule has 7 rings (SSSR count). The fraction of sp³-hybridized carbons (Fsp3) is 0.231. The van der Waals surface area contributed by atoms with E-state index in [-0.39, 0.29) is 0 Å². The topological polar surface area (TPSA) is 49.4 Å². The summed E-state index contributed by atoms with van der Waals surface area (Å²) in [4.78, 5) is 0.335. The van der Waals surface area contributed by atoms with Crippen LogP contribution >= 0.6 is 78.3 Å². The van der Waals surface area contributed by atoms with Gasteiger partial charge in [-0.05, 0) is 126 Å². The molecule has 50 heavy (non-hydrogen) atoms. The first-order chi connectivity index (χ1) is 23.8. The van der Waals surface area contributed by atoms with Crippen LogP contribution in [-0.2, 0) is 46.9 Å². The zero-order valence-electron chi connectivity index (χ0n) is 27.9. The Labute approximate surface area is 333 Å². The maximum absolute atomic E-state index is 12.6. The summed E-state index contributed by atoms with van der Waals surface area (Å²) in [5.41, 5.74) is 10.8. The van der Waals surface area contributed by atoms with Crippen molar-refractivity contribution in [3.8, 4) is 0 Å². The van der Waals surface area contributed by atoms with Gasteiger partial charge in [0, 0.05) is 56.9 Å². The van der Waals surface area contributed by atoms with E-state index in [0.29, 0.717) is 23.0 Å². The Bertz CT molecular complexity index is 2030. The number of hydrogen-bond donors (Lipinski definition) is 1. The molecule has 0 amide bonds. The first kappa shape index (κ1) is 40.9. The lowest BCUT2D eigenvalue weighted by atomic mass is 10.1. The van der Waals surface area contributed by atoms with E-state index in [1.54, 1.807) is 18.2 Å². The molecule has 0 bridgehead atoms. The molecule has 0 fully saturated rings. The van der Waals surface area contributed by atoms with Crippen molar-refractivity contribution in [2.24, 2.45) is 0 Å². The fourth-order valence-electron chi connectivity index (χ4n) is 5.18. The molecule has 5 aromatic carbocycles. The average Bonchev–Trinajstić information content (AvgIpc) is 3.75. The van der Waals surface area contributed by atoms with E-state index < -0.39 is 10.0 Å². The van der Waals surface area contributed by atoms with E-state index in [0.717, 1.165) is 55.5 Å². The number of alkyl halides is 2. The van der Waals surface area contributed by atoms with Crippen LogP contribution in [0.3, 0.4) is 0 Å². The molecule has 0 aliphatic carbocycles. The van der Waals surface area contributed by atoms with Gasteiger partial charge in [-0.1, -0.05) is 120 Å². The molecule has 4 nitrogen and oxygen atoms in total. The summed E-state index contributed by atoms with van der Waals surface area (Å²) in [6, 6.07) is 30.3. The molecule has 0 saturated heterocycles. The molecular formula is C39H38Br2Cl4N2O2S. The SMILES string of the molecule is Cc1ccc(Cl)cc1C.Cc1ccc(S(=O)(=O)N2Cc3ccc(Cl)cc3C2)cc1.Clc1ccc(CBr)c(CBr)c1.Clc1ccc2c(c1)CNC2. The van der Waals surface area contributed by atoms with Crippen molar-refractivity contribution in [3.05, 3.63) is 167 Å². The summed E-state index contributed by atoms with van der Waals surface area (Å²) in [5.74, 6) is 0. The highest BCUT2D eigenvalue weighted by molar-refractivity contribution is 9.09. The molecule has 11 heteroatoms. The van der Waals surface area contributed by atoms with E-state index in [4.69, 9.17) is 46.4 Å². The molecule has 5 aromatic rings. The molecular weight excluding hydrogens is 862 g/mol. The zero-order valence-corrected chi connectivity index (χ0v) is 34.9. The van der Waals surface area contributed by atoms with Gasteiger partial charge in [-0.15, -0.1) is 0 Å². The van der Waals surface area contributed by atoms with Crippen LogP contribution in [0.25, 0.3) is 0 Å². The number of nitrogens with one attached hydrogen (secondary N) is 1. The number of hydrogen-bond acceptors (Lipinski definition) is 3. The number of halogens is 6. The maximum atomic E-state index is 12.6. The third-order valence-electron chi connectivity index (χ3n) is 8.24. The Morgan fingerprint density at radius 3 is 1.72 bits per heavy atom. The van der Waals surface area contributed by atoms with Gasteiger partial charge in [-0.3, -0.25) is 0 Å². The summed E-state index contributed by atoms with van der Waals surface area (Å²) in [6.45, 7) is 8.81. The first-order valence-corrected chi connectivity index (χ1v) is 20.9. The predicted octanol–water partition coefficient (Wildman–Crippen LogP) is 12.4. The van der Waals surface area contributed by atoms with Crippen LogP contribution in [0.5, 0.6) is 0 Å². The summed E-state index contributed by atoms with van der Waals surface area (Å²) in [5, 5.41) is 8.08. The predicted molar refractivity (Wildman–Crippen MR) is 219 cm³/mol. The Morgan fingerprint density at radius 1 is 0.580 bits per heavy atom. The van der Waals surface area contributed by atoms with Crippen molar-refractivity contribution in [2.45, 2.75) is 62.5 Å². The molecule has 2 aliphatic rings. The standard InChI is InChI=1S/C15H14ClNO2S.C8H7Br2Cl.C8H8ClN.C8H9Cl/c1-11-2-6-15(7-3-11)20(18,19)17-9-12-4-5-14(16)8-13(12)10-17;9-4-6-1-2-8(11)3-7(6)5-10;9-8-2-1-6-4-10-5-7(6)3-8;1-6-3-4-8(9)5-7(6)2/h2-8H,9-10H2,1H3;1-3H,4-5H2;1-3,10H,4-5H2;3-5H,1-2H3. The molecule has 0 aromatic heterocycles. The van der Waals surface area contributed by atoms with Crippen molar-refractivity contribution >= 4 is 88.3 Å². The molecule has 264 valence electrons. The average molecular weight is 900 g/mol. The number of benzene rings is 5. The zero-order chi connectivity index (χ0) is 36.4. The number of sulfonamides is 1. The lowest BCUT2D eigenvalue weighted by molar-refractivity contribution is 0.431. The lowest BCUT2D eigenvalue weighted by Crippen LogP contribution is -2.25. The number of rotatable bonds is 4. The van der Waals surface area contributed by atoms with Crippen LogP contribution in [0.15, 0.2) is 102 Å². The van der Waals surface area contributed by atoms with E-state index in [1.165, 1.54) is 37.7 Å². The summed E-state index contributed by atoms with van der Waals surface area (Å²) in [6.07, 6.45) is 0. The van der Waals surface area contributed by atoms with E-state index in [2.05, 4.69) is 57.1 Å². The Kier molecular flexibility index (Phi) is 15.7. The third-order valence-corrected chi connectivity index (χ3v) is 12.2. The number of nitrogens with zero attached hydrogens (tertiary/aromatic N) is 1. The van der Waals surface area contributed by atoms with Gasteiger partial charge in [-0.25, -0.2) is 8.42 Å².